The molecular weight excluding hydrogens is 336 g/mol. The molecule has 0 saturated carbocycles. The van der Waals surface area contributed by atoms with Gasteiger partial charge in [-0.2, -0.15) is 0 Å². The number of carbonyl (C=O) groups is 1. The summed E-state index contributed by atoms with van der Waals surface area (Å²) in [7, 11) is 1.65. The Hall–Kier alpha value is -3.40. The number of methoxy groups -OCH3 is 1. The lowest BCUT2D eigenvalue weighted by Crippen LogP contribution is -2.34. The molecule has 0 N–H and O–H groups in total. The predicted octanol–water partition coefficient (Wildman–Crippen LogP) is 4.78. The number of nitrogens with zero attached hydrogens (tertiary/aromatic N) is 2. The largest absolute Gasteiger partial charge is 0.497 e. The van der Waals surface area contributed by atoms with Crippen LogP contribution in [0.4, 0.5) is 11.4 Å². The van der Waals surface area contributed by atoms with Gasteiger partial charge in [0.15, 0.2) is 0 Å². The van der Waals surface area contributed by atoms with Crippen LogP contribution < -0.4 is 9.64 Å². The van der Waals surface area contributed by atoms with Crippen molar-refractivity contribution in [2.24, 2.45) is 4.99 Å². The molecule has 4 rings (SSSR count). The number of fused-ring (bicyclic) bond motifs is 1. The summed E-state index contributed by atoms with van der Waals surface area (Å²) >= 11 is 0. The first-order valence-corrected chi connectivity index (χ1v) is 8.85. The maximum atomic E-state index is 13.2. The van der Waals surface area contributed by atoms with E-state index in [4.69, 9.17) is 9.73 Å². The Labute approximate surface area is 158 Å². The lowest BCUT2D eigenvalue weighted by atomic mass is 10.1. The van der Waals surface area contributed by atoms with E-state index >= 15 is 0 Å². The molecule has 3 aromatic rings. The van der Waals surface area contributed by atoms with Gasteiger partial charge in [0.2, 0.25) is 0 Å². The van der Waals surface area contributed by atoms with E-state index in [1.807, 2.05) is 79.7 Å². The fourth-order valence-corrected chi connectivity index (χ4v) is 3.17. The van der Waals surface area contributed by atoms with Crippen molar-refractivity contribution in [1.29, 1.82) is 0 Å². The number of benzene rings is 3. The average molecular weight is 356 g/mol. The fraction of sp³-hybridized carbons (Fsp3) is 0.130. The minimum absolute atomic E-state index is 0.0401. The van der Waals surface area contributed by atoms with Crippen LogP contribution in [-0.4, -0.2) is 25.3 Å². The van der Waals surface area contributed by atoms with Crippen molar-refractivity contribution >= 4 is 23.0 Å². The zero-order chi connectivity index (χ0) is 18.8. The molecule has 0 bridgehead atoms. The Morgan fingerprint density at radius 1 is 0.926 bits per heavy atom. The van der Waals surface area contributed by atoms with Crippen LogP contribution in [0.5, 0.6) is 5.75 Å². The molecule has 0 unspecified atom stereocenters. The van der Waals surface area contributed by atoms with Crippen LogP contribution in [0.15, 0.2) is 77.8 Å². The molecule has 0 radical (unpaired) electrons. The van der Waals surface area contributed by atoms with Crippen LogP contribution in [0, 0.1) is 6.92 Å². The van der Waals surface area contributed by atoms with E-state index in [-0.39, 0.29) is 5.91 Å². The van der Waals surface area contributed by atoms with E-state index in [2.05, 4.69) is 0 Å². The van der Waals surface area contributed by atoms with Crippen LogP contribution >= 0.6 is 0 Å². The molecule has 0 spiro atoms. The number of ether oxygens (including phenoxy) is 1. The molecule has 0 atom stereocenters. The number of aliphatic imine (C=N–C) groups is 1. The summed E-state index contributed by atoms with van der Waals surface area (Å²) in [4.78, 5) is 19.8. The van der Waals surface area contributed by atoms with Gasteiger partial charge in [0.05, 0.1) is 30.6 Å². The molecule has 1 amide bonds. The predicted molar refractivity (Wildman–Crippen MR) is 108 cm³/mol. The quantitative estimate of drug-likeness (QED) is 0.677. The number of para-hydroxylation sites is 1. The molecule has 0 aromatic heterocycles. The monoisotopic (exact) mass is 356 g/mol. The van der Waals surface area contributed by atoms with Crippen molar-refractivity contribution in [3.8, 4) is 5.75 Å². The molecule has 4 nitrogen and oxygen atoms in total. The van der Waals surface area contributed by atoms with E-state index in [9.17, 15) is 4.79 Å². The van der Waals surface area contributed by atoms with Gasteiger partial charge in [-0.15, -0.1) is 0 Å². The first kappa shape index (κ1) is 17.0. The number of rotatable bonds is 3. The van der Waals surface area contributed by atoms with Gasteiger partial charge in [0.25, 0.3) is 5.91 Å². The van der Waals surface area contributed by atoms with Crippen molar-refractivity contribution in [2.45, 2.75) is 6.92 Å². The molecule has 0 aliphatic carbocycles. The van der Waals surface area contributed by atoms with Crippen LogP contribution in [0.1, 0.15) is 21.5 Å². The Balaban J connectivity index is 1.82. The summed E-state index contributed by atoms with van der Waals surface area (Å²) in [5, 5.41) is 0. The summed E-state index contributed by atoms with van der Waals surface area (Å²) < 4.78 is 5.25. The van der Waals surface area contributed by atoms with E-state index in [1.54, 1.807) is 12.0 Å². The summed E-state index contributed by atoms with van der Waals surface area (Å²) in [6, 6.07) is 23.3. The standard InChI is InChI=1S/C23H20N2O2/c1-16-7-11-18(12-8-16)25-15-22(17-9-13-19(27-2)14-10-17)24-21-6-4-3-5-20(21)23(25)26/h3-14H,15H2,1-2H3. The molecule has 3 aromatic carbocycles. The minimum atomic E-state index is -0.0401. The van der Waals surface area contributed by atoms with E-state index in [1.165, 1.54) is 0 Å². The lowest BCUT2D eigenvalue weighted by Gasteiger charge is -2.22. The van der Waals surface area contributed by atoms with Crippen LogP contribution in [0.2, 0.25) is 0 Å². The first-order valence-electron chi connectivity index (χ1n) is 8.85. The zero-order valence-corrected chi connectivity index (χ0v) is 15.3. The summed E-state index contributed by atoms with van der Waals surface area (Å²) in [6.07, 6.45) is 0. The number of carbonyl (C=O) groups excluding carboxylic acids is 1. The van der Waals surface area contributed by atoms with Crippen LogP contribution in [0.25, 0.3) is 0 Å². The van der Waals surface area contributed by atoms with Gasteiger partial charge in [0, 0.05) is 5.69 Å². The highest BCUT2D eigenvalue weighted by Gasteiger charge is 2.25. The molecular formula is C23H20N2O2. The average Bonchev–Trinajstić information content (AvgIpc) is 2.86. The number of aryl methyl sites for hydroxylation is 1. The Bertz CT molecular complexity index is 1010. The lowest BCUT2D eigenvalue weighted by molar-refractivity contribution is 0.0992. The third-order valence-electron chi connectivity index (χ3n) is 4.71. The normalized spacial score (nSPS) is 13.6. The molecule has 27 heavy (non-hydrogen) atoms. The third-order valence-corrected chi connectivity index (χ3v) is 4.71. The molecule has 1 aliphatic rings. The van der Waals surface area contributed by atoms with Crippen LogP contribution in [0.3, 0.4) is 0 Å². The highest BCUT2D eigenvalue weighted by Crippen LogP contribution is 2.29. The third kappa shape index (κ3) is 3.34. The van der Waals surface area contributed by atoms with Crippen molar-refractivity contribution in [2.75, 3.05) is 18.6 Å². The molecule has 0 fully saturated rings. The second-order valence-corrected chi connectivity index (χ2v) is 6.53. The van der Waals surface area contributed by atoms with Gasteiger partial charge in [0.1, 0.15) is 5.75 Å². The molecule has 134 valence electrons. The van der Waals surface area contributed by atoms with E-state index in [0.717, 1.165) is 28.3 Å². The molecule has 1 aliphatic heterocycles. The maximum absolute atomic E-state index is 13.2. The summed E-state index contributed by atoms with van der Waals surface area (Å²) in [5.74, 6) is 0.751. The van der Waals surface area contributed by atoms with Gasteiger partial charge < -0.3 is 9.64 Å². The summed E-state index contributed by atoms with van der Waals surface area (Å²) in [6.45, 7) is 2.44. The topological polar surface area (TPSA) is 41.9 Å². The van der Waals surface area contributed by atoms with Gasteiger partial charge in [-0.1, -0.05) is 29.8 Å². The highest BCUT2D eigenvalue weighted by atomic mass is 16.5. The zero-order valence-electron chi connectivity index (χ0n) is 15.3. The van der Waals surface area contributed by atoms with Crippen molar-refractivity contribution in [3.05, 3.63) is 89.5 Å². The molecule has 4 heteroatoms. The number of amides is 1. The molecule has 0 saturated heterocycles. The maximum Gasteiger partial charge on any atom is 0.260 e. The van der Waals surface area contributed by atoms with Crippen molar-refractivity contribution in [3.63, 3.8) is 0 Å². The van der Waals surface area contributed by atoms with E-state index < -0.39 is 0 Å². The Morgan fingerprint density at radius 2 is 1.63 bits per heavy atom. The van der Waals surface area contributed by atoms with E-state index in [0.29, 0.717) is 17.8 Å². The van der Waals surface area contributed by atoms with Gasteiger partial charge in [-0.05, 0) is 61.0 Å². The summed E-state index contributed by atoms with van der Waals surface area (Å²) in [5.41, 5.74) is 5.15. The molecule has 1 heterocycles. The highest BCUT2D eigenvalue weighted by molar-refractivity contribution is 6.17. The van der Waals surface area contributed by atoms with Crippen molar-refractivity contribution in [1.82, 2.24) is 0 Å². The van der Waals surface area contributed by atoms with Gasteiger partial charge in [-0.3, -0.25) is 9.79 Å². The fourth-order valence-electron chi connectivity index (χ4n) is 3.17. The number of anilines is 1. The van der Waals surface area contributed by atoms with Gasteiger partial charge in [-0.25, -0.2) is 0 Å². The Kier molecular flexibility index (Phi) is 4.47. The second kappa shape index (κ2) is 7.08. The minimum Gasteiger partial charge on any atom is -0.497 e. The SMILES string of the molecule is COc1ccc(C2=Nc3ccccc3C(=O)N(c3ccc(C)cc3)C2)cc1. The van der Waals surface area contributed by atoms with Crippen LogP contribution in [-0.2, 0) is 0 Å². The number of hydrogen-bond donors (Lipinski definition) is 0. The van der Waals surface area contributed by atoms with Gasteiger partial charge >= 0.3 is 0 Å². The second-order valence-electron chi connectivity index (χ2n) is 6.53. The Morgan fingerprint density at radius 3 is 2.33 bits per heavy atom. The first-order chi connectivity index (χ1) is 13.2. The smallest absolute Gasteiger partial charge is 0.260 e. The van der Waals surface area contributed by atoms with Crippen molar-refractivity contribution < 1.29 is 9.53 Å². The number of hydrogen-bond acceptors (Lipinski definition) is 3.